The van der Waals surface area contributed by atoms with E-state index in [1.165, 1.54) is 6.20 Å². The van der Waals surface area contributed by atoms with Gasteiger partial charge < -0.3 is 15.4 Å². The molecule has 1 heterocycles. The fraction of sp³-hybridized carbons (Fsp3) is 0.429. The molecule has 2 N–H and O–H groups in total. The molecule has 110 valence electrons. The Bertz CT molecular complexity index is 456. The molecular formula is C14H20FN3O2. The van der Waals surface area contributed by atoms with Crippen molar-refractivity contribution in [3.8, 4) is 5.75 Å². The number of hydrogen-bond acceptors (Lipinski definition) is 4. The molecule has 0 aromatic carbocycles. The normalized spacial score (nSPS) is 11.3. The summed E-state index contributed by atoms with van der Waals surface area (Å²) in [6, 6.07) is 3.23. The van der Waals surface area contributed by atoms with Crippen LogP contribution in [0.2, 0.25) is 0 Å². The van der Waals surface area contributed by atoms with Gasteiger partial charge in [0.1, 0.15) is 18.1 Å². The number of ether oxygens (including phenoxy) is 1. The van der Waals surface area contributed by atoms with Crippen molar-refractivity contribution in [3.05, 3.63) is 35.9 Å². The van der Waals surface area contributed by atoms with Crippen LogP contribution in [-0.4, -0.2) is 42.0 Å². The predicted molar refractivity (Wildman–Crippen MR) is 75.2 cm³/mol. The molecule has 1 rings (SSSR count). The zero-order valence-electron chi connectivity index (χ0n) is 11.8. The Morgan fingerprint density at radius 2 is 2.15 bits per heavy atom. The number of rotatable bonds is 7. The third-order valence-electron chi connectivity index (χ3n) is 2.85. The average Bonchev–Trinajstić information content (AvgIpc) is 2.50. The Kier molecular flexibility index (Phi) is 6.66. The molecule has 1 aromatic heterocycles. The van der Waals surface area contributed by atoms with Crippen molar-refractivity contribution in [2.24, 2.45) is 5.73 Å². The van der Waals surface area contributed by atoms with E-state index in [0.29, 0.717) is 36.4 Å². The molecule has 0 bridgehead atoms. The highest BCUT2D eigenvalue weighted by atomic mass is 19.1. The average molecular weight is 281 g/mol. The molecule has 20 heavy (non-hydrogen) atoms. The lowest BCUT2D eigenvalue weighted by Gasteiger charge is -2.17. The highest BCUT2D eigenvalue weighted by Crippen LogP contribution is 2.12. The molecule has 5 nitrogen and oxygen atoms in total. The molecule has 0 spiro atoms. The number of hydrogen-bond donors (Lipinski definition) is 1. The van der Waals surface area contributed by atoms with Gasteiger partial charge in [-0.25, -0.2) is 9.37 Å². The number of carbonyl (C=O) groups is 1. The maximum absolute atomic E-state index is 12.3. The van der Waals surface area contributed by atoms with Crippen LogP contribution in [0.5, 0.6) is 5.75 Å². The molecule has 0 fully saturated rings. The van der Waals surface area contributed by atoms with E-state index >= 15 is 0 Å². The van der Waals surface area contributed by atoms with E-state index in [1.807, 2.05) is 13.8 Å². The molecule has 1 amide bonds. The van der Waals surface area contributed by atoms with Gasteiger partial charge in [0.25, 0.3) is 5.91 Å². The van der Waals surface area contributed by atoms with Gasteiger partial charge in [0.2, 0.25) is 0 Å². The molecule has 0 aliphatic heterocycles. The van der Waals surface area contributed by atoms with Crippen LogP contribution in [0.15, 0.2) is 30.2 Å². The Balaban J connectivity index is 2.67. The minimum absolute atomic E-state index is 0.0675. The Labute approximate surface area is 118 Å². The summed E-state index contributed by atoms with van der Waals surface area (Å²) in [5.41, 5.74) is 6.04. The SMILES string of the molecule is CCN(CC)C(=O)c1ccc(OC/C(=C/F)CN)cn1. The summed E-state index contributed by atoms with van der Waals surface area (Å²) >= 11 is 0. The Morgan fingerprint density at radius 1 is 1.45 bits per heavy atom. The van der Waals surface area contributed by atoms with Gasteiger partial charge in [0, 0.05) is 25.2 Å². The van der Waals surface area contributed by atoms with Crippen LogP contribution in [0.3, 0.4) is 0 Å². The lowest BCUT2D eigenvalue weighted by atomic mass is 10.3. The fourth-order valence-electron chi connectivity index (χ4n) is 1.58. The molecule has 0 unspecified atom stereocenters. The molecule has 1 aromatic rings. The van der Waals surface area contributed by atoms with Crippen molar-refractivity contribution >= 4 is 5.91 Å². The molecule has 0 saturated heterocycles. The van der Waals surface area contributed by atoms with Gasteiger partial charge in [-0.3, -0.25) is 4.79 Å². The van der Waals surface area contributed by atoms with Crippen LogP contribution in [0.25, 0.3) is 0 Å². The summed E-state index contributed by atoms with van der Waals surface area (Å²) in [6.07, 6.45) is 1.88. The first-order valence-corrected chi connectivity index (χ1v) is 6.52. The van der Waals surface area contributed by atoms with Crippen LogP contribution < -0.4 is 10.5 Å². The minimum atomic E-state index is -0.118. The van der Waals surface area contributed by atoms with Gasteiger partial charge in [-0.2, -0.15) is 0 Å². The van der Waals surface area contributed by atoms with Gasteiger partial charge in [0.05, 0.1) is 12.5 Å². The van der Waals surface area contributed by atoms with Crippen LogP contribution in [-0.2, 0) is 0 Å². The van der Waals surface area contributed by atoms with Crippen molar-refractivity contribution < 1.29 is 13.9 Å². The van der Waals surface area contributed by atoms with E-state index in [9.17, 15) is 9.18 Å². The summed E-state index contributed by atoms with van der Waals surface area (Å²) < 4.78 is 17.6. The van der Waals surface area contributed by atoms with E-state index in [1.54, 1.807) is 17.0 Å². The quantitative estimate of drug-likeness (QED) is 0.826. The van der Waals surface area contributed by atoms with Gasteiger partial charge >= 0.3 is 0 Å². The van der Waals surface area contributed by atoms with Crippen molar-refractivity contribution in [3.63, 3.8) is 0 Å². The van der Waals surface area contributed by atoms with Crippen LogP contribution >= 0.6 is 0 Å². The second-order valence-corrected chi connectivity index (χ2v) is 4.12. The zero-order chi connectivity index (χ0) is 15.0. The van der Waals surface area contributed by atoms with Crippen molar-refractivity contribution in [2.45, 2.75) is 13.8 Å². The standard InChI is InChI=1S/C14H20FN3O2/c1-3-18(4-2)14(19)13-6-5-12(9-17-13)20-10-11(7-15)8-16/h5-7,9H,3-4,8,10,16H2,1-2H3/b11-7+. The topological polar surface area (TPSA) is 68.5 Å². The highest BCUT2D eigenvalue weighted by Gasteiger charge is 2.13. The van der Waals surface area contributed by atoms with Gasteiger partial charge in [0.15, 0.2) is 0 Å². The largest absolute Gasteiger partial charge is 0.487 e. The fourth-order valence-corrected chi connectivity index (χ4v) is 1.58. The van der Waals surface area contributed by atoms with E-state index in [4.69, 9.17) is 10.5 Å². The van der Waals surface area contributed by atoms with Gasteiger partial charge in [-0.1, -0.05) is 0 Å². The van der Waals surface area contributed by atoms with Crippen LogP contribution in [0, 0.1) is 0 Å². The monoisotopic (exact) mass is 281 g/mol. The van der Waals surface area contributed by atoms with Crippen molar-refractivity contribution in [1.29, 1.82) is 0 Å². The molecule has 0 aliphatic rings. The number of nitrogens with zero attached hydrogens (tertiary/aromatic N) is 2. The Morgan fingerprint density at radius 3 is 2.60 bits per heavy atom. The predicted octanol–water partition coefficient (Wildman–Crippen LogP) is 1.75. The third-order valence-corrected chi connectivity index (χ3v) is 2.85. The first-order chi connectivity index (χ1) is 9.65. The number of amides is 1. The highest BCUT2D eigenvalue weighted by molar-refractivity contribution is 5.92. The maximum Gasteiger partial charge on any atom is 0.272 e. The Hall–Kier alpha value is -1.95. The van der Waals surface area contributed by atoms with Crippen LogP contribution in [0.1, 0.15) is 24.3 Å². The second-order valence-electron chi connectivity index (χ2n) is 4.12. The zero-order valence-corrected chi connectivity index (χ0v) is 11.8. The summed E-state index contributed by atoms with van der Waals surface area (Å²) in [5.74, 6) is 0.349. The van der Waals surface area contributed by atoms with Crippen LogP contribution in [0.4, 0.5) is 4.39 Å². The third kappa shape index (κ3) is 4.31. The number of nitrogens with two attached hydrogens (primary N) is 1. The smallest absolute Gasteiger partial charge is 0.272 e. The second kappa shape index (κ2) is 8.27. The molecule has 6 heteroatoms. The lowest BCUT2D eigenvalue weighted by Crippen LogP contribution is -2.31. The van der Waals surface area contributed by atoms with Gasteiger partial charge in [-0.15, -0.1) is 0 Å². The summed E-state index contributed by atoms with van der Waals surface area (Å²) in [7, 11) is 0. The lowest BCUT2D eigenvalue weighted by molar-refractivity contribution is 0.0767. The number of pyridine rings is 1. The summed E-state index contributed by atoms with van der Waals surface area (Å²) in [4.78, 5) is 17.8. The molecular weight excluding hydrogens is 261 g/mol. The van der Waals surface area contributed by atoms with E-state index in [-0.39, 0.29) is 19.1 Å². The number of carbonyl (C=O) groups excluding carboxylic acids is 1. The number of aromatic nitrogens is 1. The molecule has 0 atom stereocenters. The maximum atomic E-state index is 12.3. The first kappa shape index (κ1) is 16.1. The minimum Gasteiger partial charge on any atom is -0.487 e. The summed E-state index contributed by atoms with van der Waals surface area (Å²) in [6.45, 7) is 5.26. The van der Waals surface area contributed by atoms with Gasteiger partial charge in [-0.05, 0) is 26.0 Å². The first-order valence-electron chi connectivity index (χ1n) is 6.52. The van der Waals surface area contributed by atoms with E-state index in [2.05, 4.69) is 4.98 Å². The molecule has 0 radical (unpaired) electrons. The van der Waals surface area contributed by atoms with Crippen molar-refractivity contribution in [2.75, 3.05) is 26.2 Å². The van der Waals surface area contributed by atoms with E-state index in [0.717, 1.165) is 0 Å². The molecule has 0 aliphatic carbocycles. The van der Waals surface area contributed by atoms with E-state index < -0.39 is 0 Å². The summed E-state index contributed by atoms with van der Waals surface area (Å²) in [5, 5.41) is 0. The van der Waals surface area contributed by atoms with Crippen molar-refractivity contribution in [1.82, 2.24) is 9.88 Å². The number of halogens is 1. The molecule has 0 saturated carbocycles.